The molecule has 12 nitrogen and oxygen atoms in total. The summed E-state index contributed by atoms with van der Waals surface area (Å²) in [4.78, 5) is 61.5. The third-order valence-electron chi connectivity index (χ3n) is 5.86. The first-order valence-electron chi connectivity index (χ1n) is 13.0. The van der Waals surface area contributed by atoms with Gasteiger partial charge in [-0.3, -0.25) is 19.7 Å². The maximum atomic E-state index is 13.3. The van der Waals surface area contributed by atoms with Crippen LogP contribution in [0.1, 0.15) is 32.3 Å². The van der Waals surface area contributed by atoms with Crippen LogP contribution in [0.25, 0.3) is 0 Å². The molecule has 3 N–H and O–H groups in total. The number of amides is 3. The molecule has 218 valence electrons. The molecule has 1 aromatic carbocycles. The van der Waals surface area contributed by atoms with Gasteiger partial charge >= 0.3 is 12.1 Å². The van der Waals surface area contributed by atoms with Crippen LogP contribution in [-0.4, -0.2) is 75.3 Å². The number of benzene rings is 1. The summed E-state index contributed by atoms with van der Waals surface area (Å²) in [7, 11) is -0.241. The zero-order valence-corrected chi connectivity index (χ0v) is 24.7. The van der Waals surface area contributed by atoms with Crippen LogP contribution in [-0.2, 0) is 30.3 Å². The third kappa shape index (κ3) is 13.8. The minimum absolute atomic E-state index is 0.0214. The number of carbonyl (C=O) groups is 4. The Morgan fingerprint density at radius 3 is 2.13 bits per heavy atom. The Balaban J connectivity index is 3.09. The molecule has 0 fully saturated rings. The van der Waals surface area contributed by atoms with Crippen LogP contribution >= 0.6 is 0 Å². The van der Waals surface area contributed by atoms with Crippen LogP contribution in [0.2, 0.25) is 25.7 Å². The summed E-state index contributed by atoms with van der Waals surface area (Å²) >= 11 is 0. The van der Waals surface area contributed by atoms with Crippen LogP contribution in [0.4, 0.5) is 4.79 Å². The second-order valence-electron chi connectivity index (χ2n) is 10.8. The number of hydrogen-bond donors (Lipinski definition) is 3. The molecule has 0 aliphatic heterocycles. The third-order valence-corrected chi connectivity index (χ3v) is 7.57. The molecule has 39 heavy (non-hydrogen) atoms. The highest BCUT2D eigenvalue weighted by Gasteiger charge is 2.31. The molecule has 0 saturated heterocycles. The number of nitrogens with one attached hydrogen (secondary N) is 3. The number of methoxy groups -OCH3 is 1. The van der Waals surface area contributed by atoms with E-state index in [-0.39, 0.29) is 38.3 Å². The maximum Gasteiger partial charge on any atom is 0.407 e. The van der Waals surface area contributed by atoms with Gasteiger partial charge in [0.1, 0.15) is 18.1 Å². The molecule has 3 amide bonds. The van der Waals surface area contributed by atoms with Gasteiger partial charge in [-0.1, -0.05) is 63.8 Å². The summed E-state index contributed by atoms with van der Waals surface area (Å²) in [5, 5.41) is 18.6. The van der Waals surface area contributed by atoms with Crippen molar-refractivity contribution in [1.82, 2.24) is 16.0 Å². The quantitative estimate of drug-likeness (QED) is 0.119. The Kier molecular flexibility index (Phi) is 14.2. The second-order valence-corrected chi connectivity index (χ2v) is 16.5. The van der Waals surface area contributed by atoms with Crippen molar-refractivity contribution in [1.29, 1.82) is 0 Å². The highest BCUT2D eigenvalue weighted by atomic mass is 28.3. The van der Waals surface area contributed by atoms with E-state index in [9.17, 15) is 29.3 Å². The second kappa shape index (κ2) is 16.5. The van der Waals surface area contributed by atoms with Crippen molar-refractivity contribution in [3.63, 3.8) is 0 Å². The van der Waals surface area contributed by atoms with Gasteiger partial charge in [-0.05, 0) is 23.9 Å². The van der Waals surface area contributed by atoms with E-state index in [0.717, 1.165) is 11.6 Å². The fourth-order valence-corrected chi connectivity index (χ4v) is 4.25. The van der Waals surface area contributed by atoms with Gasteiger partial charge in [-0.2, -0.15) is 0 Å². The molecule has 0 spiro atoms. The molecule has 0 aliphatic rings. The smallest absolute Gasteiger partial charge is 0.407 e. The standard InChI is InChI=1S/C26H42N4O8Si/c1-18(2)22(25(33)37-3)29-24(32)21(17-19-11-8-7-9-12-19)27-23(31)20(13-10-14-30(35)36)28-26(34)38-15-16-39(4,5)6/h7-9,11-12,18,20-22H,10,13-17H2,1-6H3,(H,27,31)(H,28,34)(H,29,32)/t20-,21-,22-/m0/s1. The van der Waals surface area contributed by atoms with Crippen molar-refractivity contribution >= 4 is 32.0 Å². The first-order chi connectivity index (χ1) is 18.2. The number of esters is 1. The summed E-state index contributed by atoms with van der Waals surface area (Å²) in [5.74, 6) is -2.21. The predicted molar refractivity (Wildman–Crippen MR) is 148 cm³/mol. The normalized spacial score (nSPS) is 13.5. The number of hydrogen-bond acceptors (Lipinski definition) is 8. The number of nitro groups is 1. The van der Waals surface area contributed by atoms with Crippen molar-refractivity contribution in [3.8, 4) is 0 Å². The van der Waals surface area contributed by atoms with Crippen LogP contribution in [0, 0.1) is 16.0 Å². The van der Waals surface area contributed by atoms with E-state index in [1.165, 1.54) is 7.11 Å². The van der Waals surface area contributed by atoms with Gasteiger partial charge < -0.3 is 25.4 Å². The maximum absolute atomic E-state index is 13.3. The van der Waals surface area contributed by atoms with Crippen molar-refractivity contribution in [2.24, 2.45) is 5.92 Å². The van der Waals surface area contributed by atoms with Crippen LogP contribution in [0.3, 0.4) is 0 Å². The van der Waals surface area contributed by atoms with Gasteiger partial charge in [0.2, 0.25) is 18.4 Å². The van der Waals surface area contributed by atoms with Crippen LogP contribution in [0.5, 0.6) is 0 Å². The number of carbonyl (C=O) groups excluding carboxylic acids is 4. The minimum atomic E-state index is -1.46. The SMILES string of the molecule is COC(=O)[C@@H](NC(=O)[C@H](Cc1ccccc1)NC(=O)[C@H](CCC[N+](=O)[O-])NC(=O)OCC[Si](C)(C)C)C(C)C. The van der Waals surface area contributed by atoms with E-state index in [2.05, 4.69) is 35.6 Å². The van der Waals surface area contributed by atoms with Gasteiger partial charge in [0.25, 0.3) is 0 Å². The Hall–Kier alpha value is -3.48. The molecule has 0 saturated carbocycles. The Morgan fingerprint density at radius 1 is 0.974 bits per heavy atom. The summed E-state index contributed by atoms with van der Waals surface area (Å²) in [6.07, 6.45) is -0.726. The molecule has 0 bridgehead atoms. The lowest BCUT2D eigenvalue weighted by atomic mass is 10.0. The summed E-state index contributed by atoms with van der Waals surface area (Å²) in [6, 6.07) is 6.48. The predicted octanol–water partition coefficient (Wildman–Crippen LogP) is 2.52. The number of rotatable bonds is 16. The lowest BCUT2D eigenvalue weighted by Gasteiger charge is -2.26. The van der Waals surface area contributed by atoms with Gasteiger partial charge in [-0.15, -0.1) is 0 Å². The molecule has 0 radical (unpaired) electrons. The Labute approximate surface area is 230 Å². The van der Waals surface area contributed by atoms with E-state index < -0.39 is 55.0 Å². The number of ether oxygens (including phenoxy) is 2. The number of alkyl carbamates (subject to hydrolysis) is 1. The van der Waals surface area contributed by atoms with Gasteiger partial charge in [0.15, 0.2) is 0 Å². The molecule has 0 heterocycles. The monoisotopic (exact) mass is 566 g/mol. The lowest BCUT2D eigenvalue weighted by Crippen LogP contribution is -2.57. The van der Waals surface area contributed by atoms with Crippen molar-refractivity contribution in [2.45, 2.75) is 76.9 Å². The molecular weight excluding hydrogens is 524 g/mol. The molecule has 3 atom stereocenters. The number of nitrogens with zero attached hydrogens (tertiary/aromatic N) is 1. The largest absolute Gasteiger partial charge is 0.467 e. The summed E-state index contributed by atoms with van der Waals surface area (Å²) in [5.41, 5.74) is 0.751. The summed E-state index contributed by atoms with van der Waals surface area (Å²) in [6.45, 7) is 9.68. The molecule has 0 aromatic heterocycles. The average Bonchev–Trinajstić information content (AvgIpc) is 2.85. The highest BCUT2D eigenvalue weighted by Crippen LogP contribution is 2.10. The molecule has 0 unspecified atom stereocenters. The first-order valence-corrected chi connectivity index (χ1v) is 16.7. The van der Waals surface area contributed by atoms with Crippen LogP contribution < -0.4 is 16.0 Å². The zero-order chi connectivity index (χ0) is 29.6. The summed E-state index contributed by atoms with van der Waals surface area (Å²) < 4.78 is 10.0. The van der Waals surface area contributed by atoms with Crippen molar-refractivity contribution in [3.05, 3.63) is 46.0 Å². The Bertz CT molecular complexity index is 968. The molecule has 13 heteroatoms. The first kappa shape index (κ1) is 33.5. The molecular formula is C26H42N4O8Si. The highest BCUT2D eigenvalue weighted by molar-refractivity contribution is 6.76. The molecule has 1 aromatic rings. The van der Waals surface area contributed by atoms with Crippen molar-refractivity contribution in [2.75, 3.05) is 20.3 Å². The van der Waals surface area contributed by atoms with E-state index in [1.807, 2.05) is 6.07 Å². The van der Waals surface area contributed by atoms with E-state index >= 15 is 0 Å². The average molecular weight is 567 g/mol. The van der Waals surface area contributed by atoms with E-state index in [0.29, 0.717) is 0 Å². The molecule has 0 aliphatic carbocycles. The fraction of sp³-hybridized carbons (Fsp3) is 0.615. The zero-order valence-electron chi connectivity index (χ0n) is 23.7. The van der Waals surface area contributed by atoms with Crippen LogP contribution in [0.15, 0.2) is 30.3 Å². The minimum Gasteiger partial charge on any atom is -0.467 e. The Morgan fingerprint density at radius 2 is 1.59 bits per heavy atom. The van der Waals surface area contributed by atoms with E-state index in [4.69, 9.17) is 9.47 Å². The van der Waals surface area contributed by atoms with Crippen molar-refractivity contribution < 1.29 is 33.6 Å². The van der Waals surface area contributed by atoms with E-state index in [1.54, 1.807) is 38.1 Å². The topological polar surface area (TPSA) is 166 Å². The van der Waals surface area contributed by atoms with Gasteiger partial charge in [0.05, 0.1) is 13.7 Å². The van der Waals surface area contributed by atoms with Gasteiger partial charge in [0, 0.05) is 25.8 Å². The fourth-order valence-electron chi connectivity index (χ4n) is 3.54. The van der Waals surface area contributed by atoms with Gasteiger partial charge in [-0.25, -0.2) is 9.59 Å². The molecule has 1 rings (SSSR count). The lowest BCUT2D eigenvalue weighted by molar-refractivity contribution is -0.480.